The van der Waals surface area contributed by atoms with Crippen LogP contribution in [0.2, 0.25) is 0 Å². The third-order valence-corrected chi connectivity index (χ3v) is 2.54. The normalized spacial score (nSPS) is 10.8. The van der Waals surface area contributed by atoms with E-state index in [-0.39, 0.29) is 0 Å². The number of hydrogen-bond acceptors (Lipinski definition) is 4. The highest BCUT2D eigenvalue weighted by Crippen LogP contribution is 2.22. The molecule has 0 aliphatic rings. The van der Waals surface area contributed by atoms with E-state index in [9.17, 15) is 0 Å². The van der Waals surface area contributed by atoms with Gasteiger partial charge in [0.15, 0.2) is 0 Å². The summed E-state index contributed by atoms with van der Waals surface area (Å²) >= 11 is 0. The molecule has 5 nitrogen and oxygen atoms in total. The molecule has 2 rings (SSSR count). The summed E-state index contributed by atoms with van der Waals surface area (Å²) in [7, 11) is 1.92. The number of nitrogens with zero attached hydrogens (tertiary/aromatic N) is 4. The van der Waals surface area contributed by atoms with Gasteiger partial charge in [0.25, 0.3) is 0 Å². The van der Waals surface area contributed by atoms with Gasteiger partial charge in [-0.1, -0.05) is 13.3 Å². The Kier molecular flexibility index (Phi) is 3.08. The molecule has 2 heterocycles. The molecule has 2 N–H and O–H groups in total. The van der Waals surface area contributed by atoms with Gasteiger partial charge in [0.1, 0.15) is 0 Å². The fourth-order valence-corrected chi connectivity index (χ4v) is 1.90. The Morgan fingerprint density at radius 2 is 2.12 bits per heavy atom. The van der Waals surface area contributed by atoms with Gasteiger partial charge in [0, 0.05) is 24.5 Å². The Balaban J connectivity index is 2.51. The van der Waals surface area contributed by atoms with Crippen molar-refractivity contribution in [3.63, 3.8) is 0 Å². The second-order valence-corrected chi connectivity index (χ2v) is 4.17. The molecule has 0 spiro atoms. The van der Waals surface area contributed by atoms with Crippen LogP contribution in [0.15, 0.2) is 12.3 Å². The van der Waals surface area contributed by atoms with E-state index in [4.69, 9.17) is 5.73 Å². The number of nitrogens with two attached hydrogens (primary N) is 1. The largest absolute Gasteiger partial charge is 0.368 e. The highest BCUT2D eigenvalue weighted by Gasteiger charge is 2.11. The van der Waals surface area contributed by atoms with Gasteiger partial charge in [-0.05, 0) is 19.4 Å². The number of anilines is 1. The average Bonchev–Trinajstić information content (AvgIpc) is 2.58. The standard InChI is InChI=1S/C12H17N5/c1-4-5-10-9(7-17(3)16-10)11-6-8(2)14-12(13)15-11/h6-7H,4-5H2,1-3H3,(H2,13,14,15). The lowest BCUT2D eigenvalue weighted by Crippen LogP contribution is -1.99. The molecule has 2 aromatic rings. The zero-order valence-corrected chi connectivity index (χ0v) is 10.4. The molecule has 0 aliphatic carbocycles. The first-order valence-electron chi connectivity index (χ1n) is 5.74. The second-order valence-electron chi connectivity index (χ2n) is 4.17. The molecular formula is C12H17N5. The van der Waals surface area contributed by atoms with Crippen LogP contribution in [0.4, 0.5) is 5.95 Å². The Labute approximate surface area is 101 Å². The van der Waals surface area contributed by atoms with E-state index in [1.807, 2.05) is 30.9 Å². The molecule has 17 heavy (non-hydrogen) atoms. The van der Waals surface area contributed by atoms with Crippen LogP contribution in [0.5, 0.6) is 0 Å². The van der Waals surface area contributed by atoms with Crippen LogP contribution in [0, 0.1) is 6.92 Å². The zero-order chi connectivity index (χ0) is 12.4. The Bertz CT molecular complexity index is 509. The van der Waals surface area contributed by atoms with Crippen LogP contribution < -0.4 is 5.73 Å². The summed E-state index contributed by atoms with van der Waals surface area (Å²) in [6, 6.07) is 1.94. The van der Waals surface area contributed by atoms with Gasteiger partial charge < -0.3 is 5.73 Å². The topological polar surface area (TPSA) is 69.6 Å². The number of hydrogen-bond donors (Lipinski definition) is 1. The number of aryl methyl sites for hydroxylation is 3. The smallest absolute Gasteiger partial charge is 0.220 e. The molecular weight excluding hydrogens is 214 g/mol. The van der Waals surface area contributed by atoms with Gasteiger partial charge in [0.2, 0.25) is 5.95 Å². The van der Waals surface area contributed by atoms with Crippen LogP contribution in [0.3, 0.4) is 0 Å². The van der Waals surface area contributed by atoms with E-state index in [2.05, 4.69) is 22.0 Å². The van der Waals surface area contributed by atoms with Gasteiger partial charge in [-0.3, -0.25) is 4.68 Å². The predicted octanol–water partition coefficient (Wildman–Crippen LogP) is 1.72. The van der Waals surface area contributed by atoms with E-state index in [0.717, 1.165) is 35.5 Å². The Hall–Kier alpha value is -1.91. The summed E-state index contributed by atoms with van der Waals surface area (Å²) < 4.78 is 1.81. The van der Waals surface area contributed by atoms with E-state index in [0.29, 0.717) is 5.95 Å². The van der Waals surface area contributed by atoms with Crippen LogP contribution in [-0.4, -0.2) is 19.7 Å². The van der Waals surface area contributed by atoms with Crippen molar-refractivity contribution in [3.8, 4) is 11.3 Å². The molecule has 90 valence electrons. The van der Waals surface area contributed by atoms with Crippen molar-refractivity contribution in [1.29, 1.82) is 0 Å². The van der Waals surface area contributed by atoms with Crippen LogP contribution in [0.1, 0.15) is 24.7 Å². The van der Waals surface area contributed by atoms with Crippen molar-refractivity contribution in [2.24, 2.45) is 7.05 Å². The maximum absolute atomic E-state index is 5.68. The SMILES string of the molecule is CCCc1nn(C)cc1-c1cc(C)nc(N)n1. The summed E-state index contributed by atoms with van der Waals surface area (Å²) in [4.78, 5) is 8.36. The molecule has 0 aliphatic heterocycles. The highest BCUT2D eigenvalue weighted by molar-refractivity contribution is 5.62. The lowest BCUT2D eigenvalue weighted by Gasteiger charge is -2.02. The van der Waals surface area contributed by atoms with E-state index >= 15 is 0 Å². The predicted molar refractivity (Wildman–Crippen MR) is 67.4 cm³/mol. The van der Waals surface area contributed by atoms with E-state index in [1.54, 1.807) is 0 Å². The quantitative estimate of drug-likeness (QED) is 0.873. The third-order valence-electron chi connectivity index (χ3n) is 2.54. The van der Waals surface area contributed by atoms with Gasteiger partial charge in [0.05, 0.1) is 11.4 Å². The van der Waals surface area contributed by atoms with Crippen molar-refractivity contribution in [2.75, 3.05) is 5.73 Å². The zero-order valence-electron chi connectivity index (χ0n) is 10.4. The first-order chi connectivity index (χ1) is 8.10. The minimum atomic E-state index is 0.311. The van der Waals surface area contributed by atoms with Crippen LogP contribution in [-0.2, 0) is 13.5 Å². The van der Waals surface area contributed by atoms with Gasteiger partial charge in [-0.2, -0.15) is 5.10 Å². The molecule has 0 saturated heterocycles. The second kappa shape index (κ2) is 4.53. The first-order valence-corrected chi connectivity index (χ1v) is 5.74. The fourth-order valence-electron chi connectivity index (χ4n) is 1.90. The minimum Gasteiger partial charge on any atom is -0.368 e. The first kappa shape index (κ1) is 11.6. The van der Waals surface area contributed by atoms with Gasteiger partial charge in [-0.25, -0.2) is 9.97 Å². The Morgan fingerprint density at radius 3 is 2.76 bits per heavy atom. The maximum Gasteiger partial charge on any atom is 0.220 e. The summed E-state index contributed by atoms with van der Waals surface area (Å²) in [5.74, 6) is 0.311. The summed E-state index contributed by atoms with van der Waals surface area (Å²) in [5.41, 5.74) is 9.52. The van der Waals surface area contributed by atoms with Crippen molar-refractivity contribution < 1.29 is 0 Å². The van der Waals surface area contributed by atoms with Crippen LogP contribution >= 0.6 is 0 Å². The number of nitrogen functional groups attached to an aromatic ring is 1. The fraction of sp³-hybridized carbons (Fsp3) is 0.417. The molecule has 0 amide bonds. The van der Waals surface area contributed by atoms with Gasteiger partial charge in [-0.15, -0.1) is 0 Å². The summed E-state index contributed by atoms with van der Waals surface area (Å²) in [6.45, 7) is 4.05. The van der Waals surface area contributed by atoms with E-state index in [1.165, 1.54) is 0 Å². The van der Waals surface area contributed by atoms with Crippen molar-refractivity contribution in [1.82, 2.24) is 19.7 Å². The third kappa shape index (κ3) is 2.43. The number of rotatable bonds is 3. The molecule has 0 atom stereocenters. The molecule has 0 bridgehead atoms. The molecule has 0 radical (unpaired) electrons. The summed E-state index contributed by atoms with van der Waals surface area (Å²) in [5, 5.41) is 4.45. The van der Waals surface area contributed by atoms with Crippen molar-refractivity contribution >= 4 is 5.95 Å². The Morgan fingerprint density at radius 1 is 1.35 bits per heavy atom. The molecule has 0 aromatic carbocycles. The highest BCUT2D eigenvalue weighted by atomic mass is 15.3. The molecule has 0 fully saturated rings. The molecule has 5 heteroatoms. The average molecular weight is 231 g/mol. The minimum absolute atomic E-state index is 0.311. The number of aromatic nitrogens is 4. The molecule has 0 unspecified atom stereocenters. The monoisotopic (exact) mass is 231 g/mol. The lowest BCUT2D eigenvalue weighted by atomic mass is 10.1. The van der Waals surface area contributed by atoms with Crippen molar-refractivity contribution in [3.05, 3.63) is 23.7 Å². The molecule has 2 aromatic heterocycles. The summed E-state index contributed by atoms with van der Waals surface area (Å²) in [6.07, 6.45) is 3.98. The van der Waals surface area contributed by atoms with E-state index < -0.39 is 0 Å². The van der Waals surface area contributed by atoms with Gasteiger partial charge >= 0.3 is 0 Å². The van der Waals surface area contributed by atoms with Crippen molar-refractivity contribution in [2.45, 2.75) is 26.7 Å². The molecule has 0 saturated carbocycles. The van der Waals surface area contributed by atoms with Crippen LogP contribution in [0.25, 0.3) is 11.3 Å². The maximum atomic E-state index is 5.68. The lowest BCUT2D eigenvalue weighted by molar-refractivity contribution is 0.733.